The molecule has 1 heterocycles. The van der Waals surface area contributed by atoms with Crippen molar-refractivity contribution in [2.24, 2.45) is 0 Å². The van der Waals surface area contributed by atoms with Gasteiger partial charge in [-0.05, 0) is 50.9 Å². The maximum atomic E-state index is 6.41. The fraction of sp³-hybridized carbons (Fsp3) is 0.0667. The van der Waals surface area contributed by atoms with E-state index in [0.29, 0.717) is 0 Å². The molecule has 1 atom stereocenters. The average Bonchev–Trinajstić information content (AvgIpc) is 2.94. The van der Waals surface area contributed by atoms with E-state index in [0.717, 1.165) is 16.7 Å². The van der Waals surface area contributed by atoms with E-state index in [-0.39, 0.29) is 0 Å². The van der Waals surface area contributed by atoms with Gasteiger partial charge in [-0.25, -0.2) is 0 Å². The highest BCUT2D eigenvalue weighted by Crippen LogP contribution is 2.54. The van der Waals surface area contributed by atoms with Crippen LogP contribution in [0.15, 0.2) is 91.0 Å². The van der Waals surface area contributed by atoms with Gasteiger partial charge in [0.2, 0.25) is 0 Å². The number of rotatable bonds is 0. The zero-order valence-corrected chi connectivity index (χ0v) is 17.7. The van der Waals surface area contributed by atoms with Gasteiger partial charge in [0, 0.05) is 16.5 Å². The van der Waals surface area contributed by atoms with Crippen molar-refractivity contribution in [3.63, 3.8) is 0 Å². The molecule has 0 saturated heterocycles. The second kappa shape index (κ2) is 6.14. The largest absolute Gasteiger partial charge is 0.492 e. The quantitative estimate of drug-likeness (QED) is 0.236. The van der Waals surface area contributed by atoms with Crippen molar-refractivity contribution < 1.29 is 4.74 Å². The third-order valence-electron chi connectivity index (χ3n) is 6.77. The van der Waals surface area contributed by atoms with E-state index in [1.807, 2.05) is 13.0 Å². The Kier molecular flexibility index (Phi) is 3.43. The van der Waals surface area contributed by atoms with Crippen LogP contribution in [0.25, 0.3) is 61.0 Å². The van der Waals surface area contributed by atoms with Crippen molar-refractivity contribution in [2.75, 3.05) is 0 Å². The second-order valence-corrected chi connectivity index (χ2v) is 8.91. The monoisotopic (exact) mass is 406 g/mol. The normalized spacial score (nSPS) is 17.9. The highest BCUT2D eigenvalue weighted by atomic mass is 16.5. The van der Waals surface area contributed by atoms with Gasteiger partial charge >= 0.3 is 0 Å². The van der Waals surface area contributed by atoms with Gasteiger partial charge < -0.3 is 4.74 Å². The Bertz CT molecular complexity index is 1620. The summed E-state index contributed by atoms with van der Waals surface area (Å²) in [6.07, 6.45) is 4.11. The Morgan fingerprint density at radius 3 is 2.12 bits per heavy atom. The number of hydrogen-bond donors (Lipinski definition) is 0. The molecule has 2 radical (unpaired) electrons. The summed E-state index contributed by atoms with van der Waals surface area (Å²) in [6.45, 7) is 1.90. The summed E-state index contributed by atoms with van der Waals surface area (Å²) in [5, 5.41) is 4.84. The van der Waals surface area contributed by atoms with Crippen LogP contribution in [-0.4, -0.2) is 13.3 Å². The molecule has 1 unspecified atom stereocenters. The first-order valence-corrected chi connectivity index (χ1v) is 11.0. The van der Waals surface area contributed by atoms with E-state index in [4.69, 9.17) is 12.6 Å². The third-order valence-corrected chi connectivity index (χ3v) is 6.77. The van der Waals surface area contributed by atoms with Crippen LogP contribution < -0.4 is 4.74 Å². The zero-order valence-electron chi connectivity index (χ0n) is 17.7. The molecule has 5 aromatic rings. The fourth-order valence-electron chi connectivity index (χ4n) is 5.47. The van der Waals surface area contributed by atoms with Crippen LogP contribution in [-0.2, 0) is 0 Å². The van der Waals surface area contributed by atoms with Gasteiger partial charge in [-0.3, -0.25) is 0 Å². The summed E-state index contributed by atoms with van der Waals surface area (Å²) in [4.78, 5) is 0. The van der Waals surface area contributed by atoms with Crippen molar-refractivity contribution in [3.8, 4) is 39.1 Å². The van der Waals surface area contributed by atoms with Crippen molar-refractivity contribution in [1.29, 1.82) is 0 Å². The molecule has 0 bridgehead atoms. The molecule has 1 aliphatic heterocycles. The first-order valence-electron chi connectivity index (χ1n) is 11.0. The SMILES string of the molecule is [B]C1(C)C=Cc2c3c(c4ccccc4c2O1)-c1cccc2cccc(c12)-c1ccccc1-3. The highest BCUT2D eigenvalue weighted by molar-refractivity contribution is 6.22. The van der Waals surface area contributed by atoms with Gasteiger partial charge in [-0.2, -0.15) is 0 Å². The van der Waals surface area contributed by atoms with Crippen LogP contribution >= 0.6 is 0 Å². The van der Waals surface area contributed by atoms with Crippen molar-refractivity contribution in [2.45, 2.75) is 12.4 Å². The molecule has 0 amide bonds. The Hall–Kier alpha value is -3.78. The van der Waals surface area contributed by atoms with E-state index >= 15 is 0 Å². The first-order chi connectivity index (χ1) is 15.6. The number of hydrogen-bond acceptors (Lipinski definition) is 1. The van der Waals surface area contributed by atoms with Gasteiger partial charge in [-0.15, -0.1) is 0 Å². The predicted molar refractivity (Wildman–Crippen MR) is 135 cm³/mol. The van der Waals surface area contributed by atoms with E-state index < -0.39 is 5.50 Å². The van der Waals surface area contributed by atoms with Gasteiger partial charge in [-0.1, -0.05) is 97.1 Å². The molecular formula is C30H19BO. The van der Waals surface area contributed by atoms with E-state index in [1.54, 1.807) is 0 Å². The minimum atomic E-state index is -0.836. The van der Waals surface area contributed by atoms with Crippen LogP contribution in [0.1, 0.15) is 12.5 Å². The minimum absolute atomic E-state index is 0.836. The predicted octanol–water partition coefficient (Wildman–Crippen LogP) is 7.60. The van der Waals surface area contributed by atoms with Crippen LogP contribution in [0.3, 0.4) is 0 Å². The van der Waals surface area contributed by atoms with Crippen LogP contribution in [0.2, 0.25) is 0 Å². The Morgan fingerprint density at radius 1 is 0.656 bits per heavy atom. The molecular weight excluding hydrogens is 387 g/mol. The number of fused-ring (bicyclic) bond motifs is 10. The smallest absolute Gasteiger partial charge is 0.137 e. The zero-order chi connectivity index (χ0) is 21.4. The molecule has 1 nitrogen and oxygen atoms in total. The maximum absolute atomic E-state index is 6.41. The standard InChI is InChI=1S/C30H19BO/c1-30(31)17-16-25-28-21-11-3-2-10-19(21)20-14-6-8-18-9-7-15-24(26(18)20)27(28)22-12-4-5-13-23(22)29(25)32-30/h2-17H,1H3. The minimum Gasteiger partial charge on any atom is -0.492 e. The molecule has 7 rings (SSSR count). The molecule has 0 fully saturated rings. The van der Waals surface area contributed by atoms with Crippen LogP contribution in [0.4, 0.5) is 0 Å². The lowest BCUT2D eigenvalue weighted by Crippen LogP contribution is -2.32. The van der Waals surface area contributed by atoms with Crippen LogP contribution in [0, 0.1) is 0 Å². The fourth-order valence-corrected chi connectivity index (χ4v) is 5.47. The summed E-state index contributed by atoms with van der Waals surface area (Å²) in [5.74, 6) is 0.861. The van der Waals surface area contributed by atoms with E-state index in [1.165, 1.54) is 49.5 Å². The topological polar surface area (TPSA) is 9.23 Å². The summed E-state index contributed by atoms with van der Waals surface area (Å²) in [5.41, 5.74) is 7.74. The Morgan fingerprint density at radius 2 is 1.31 bits per heavy atom. The maximum Gasteiger partial charge on any atom is 0.137 e. The van der Waals surface area contributed by atoms with Crippen LogP contribution in [0.5, 0.6) is 5.75 Å². The molecule has 0 spiro atoms. The van der Waals surface area contributed by atoms with Crippen molar-refractivity contribution in [3.05, 3.63) is 96.6 Å². The lowest BCUT2D eigenvalue weighted by atomic mass is 9.78. The average molecular weight is 406 g/mol. The summed E-state index contributed by atoms with van der Waals surface area (Å²) >= 11 is 0. The van der Waals surface area contributed by atoms with E-state index in [9.17, 15) is 0 Å². The number of ether oxygens (including phenoxy) is 1. The van der Waals surface area contributed by atoms with Gasteiger partial charge in [0.1, 0.15) is 13.6 Å². The summed E-state index contributed by atoms with van der Waals surface area (Å²) < 4.78 is 6.40. The lowest BCUT2D eigenvalue weighted by Gasteiger charge is -2.32. The number of benzene rings is 5. The van der Waals surface area contributed by atoms with Gasteiger partial charge in [0.05, 0.1) is 5.50 Å². The second-order valence-electron chi connectivity index (χ2n) is 8.91. The Balaban J connectivity index is 1.79. The van der Waals surface area contributed by atoms with E-state index in [2.05, 4.69) is 91.0 Å². The van der Waals surface area contributed by atoms with Gasteiger partial charge in [0.25, 0.3) is 0 Å². The lowest BCUT2D eigenvalue weighted by molar-refractivity contribution is 0.227. The highest BCUT2D eigenvalue weighted by Gasteiger charge is 2.31. The van der Waals surface area contributed by atoms with Gasteiger partial charge in [0.15, 0.2) is 0 Å². The molecule has 5 aromatic carbocycles. The summed E-state index contributed by atoms with van der Waals surface area (Å²) in [7, 11) is 6.41. The molecule has 148 valence electrons. The van der Waals surface area contributed by atoms with Crippen molar-refractivity contribution in [1.82, 2.24) is 0 Å². The molecule has 0 aromatic heterocycles. The molecule has 0 N–H and O–H groups in total. The summed E-state index contributed by atoms with van der Waals surface area (Å²) in [6, 6.07) is 30.5. The Labute approximate surface area is 188 Å². The molecule has 0 saturated carbocycles. The van der Waals surface area contributed by atoms with Crippen molar-refractivity contribution >= 4 is 35.5 Å². The first kappa shape index (κ1) is 17.9. The molecule has 32 heavy (non-hydrogen) atoms. The molecule has 2 heteroatoms. The molecule has 2 aliphatic rings. The third kappa shape index (κ3) is 2.30. The molecule has 1 aliphatic carbocycles.